The molecule has 1 fully saturated rings. The van der Waals surface area contributed by atoms with E-state index < -0.39 is 0 Å². The van der Waals surface area contributed by atoms with Gasteiger partial charge in [0.05, 0.1) is 0 Å². The maximum absolute atomic E-state index is 5.93. The van der Waals surface area contributed by atoms with Gasteiger partial charge in [0.1, 0.15) is 0 Å². The Balaban J connectivity index is 2.86. The Bertz CT molecular complexity index is 233. The molecule has 1 saturated heterocycles. The molecular weight excluding hydrogens is 247 g/mol. The van der Waals surface area contributed by atoms with Crippen molar-refractivity contribution in [2.24, 2.45) is 0 Å². The average molecular weight is 267 g/mol. The summed E-state index contributed by atoms with van der Waals surface area (Å²) in [6, 6.07) is 0.529. The molecule has 0 aromatic heterocycles. The van der Waals surface area contributed by atoms with Crippen molar-refractivity contribution in [3.63, 3.8) is 0 Å². The summed E-state index contributed by atoms with van der Waals surface area (Å²) in [4.78, 5) is 4.73. The maximum atomic E-state index is 5.93. The Morgan fingerprint density at radius 3 is 2.21 bits per heavy atom. The molecule has 1 aliphatic heterocycles. The van der Waals surface area contributed by atoms with Crippen LogP contribution in [0.2, 0.25) is 0 Å². The van der Waals surface area contributed by atoms with Crippen LogP contribution in [-0.4, -0.2) is 39.1 Å². The fourth-order valence-electron chi connectivity index (χ4n) is 1.63. The third-order valence-electron chi connectivity index (χ3n) is 2.47. The van der Waals surface area contributed by atoms with Crippen LogP contribution in [0.3, 0.4) is 0 Å². The van der Waals surface area contributed by atoms with Crippen LogP contribution >= 0.6 is 10.1 Å². The molecule has 88 valence electrons. The molecule has 0 N–H and O–H groups in total. The van der Waals surface area contributed by atoms with Gasteiger partial charge in [-0.05, 0) is 0 Å². The molecule has 2 nitrogen and oxygen atoms in total. The summed E-state index contributed by atoms with van der Waals surface area (Å²) in [6.45, 7) is 13.2. The molecule has 1 heterocycles. The van der Waals surface area contributed by atoms with Crippen LogP contribution in [0.25, 0.3) is 0 Å². The molecular formula is C10H20ClCuN2. The van der Waals surface area contributed by atoms with Crippen LogP contribution in [0.4, 0.5) is 0 Å². The van der Waals surface area contributed by atoms with Gasteiger partial charge in [0.2, 0.25) is 0 Å². The second-order valence-corrected chi connectivity index (χ2v) is 5.97. The zero-order valence-electron chi connectivity index (χ0n) is 9.57. The van der Waals surface area contributed by atoms with E-state index in [0.29, 0.717) is 6.04 Å². The van der Waals surface area contributed by atoms with Crippen molar-refractivity contribution in [2.45, 2.75) is 46.2 Å². The standard InChI is InChI=1S/C10H20N2.ClH.Cu/c1-9(2)11-6-7-12(8-11)10(3,4)5;;/h9H,6-7H2,1-5H3;1H;/q;;+1/p-1. The molecule has 0 radical (unpaired) electrons. The Labute approximate surface area is 97.5 Å². The summed E-state index contributed by atoms with van der Waals surface area (Å²) in [5.41, 5.74) is 0.165. The number of nitrogens with zero attached hydrogens (tertiary/aromatic N) is 2. The average Bonchev–Trinajstić information content (AvgIpc) is 2.45. The van der Waals surface area contributed by atoms with Gasteiger partial charge in [-0.15, -0.1) is 0 Å². The molecule has 0 unspecified atom stereocenters. The molecule has 0 atom stereocenters. The van der Waals surface area contributed by atoms with Crippen LogP contribution in [-0.2, 0) is 13.6 Å². The van der Waals surface area contributed by atoms with Gasteiger partial charge in [0, 0.05) is 0 Å². The molecule has 0 aromatic carbocycles. The Hall–Kier alpha value is 0.599. The molecule has 0 aromatic rings. The van der Waals surface area contributed by atoms with Gasteiger partial charge < -0.3 is 0 Å². The zero-order chi connectivity index (χ0) is 10.9. The third-order valence-corrected chi connectivity index (χ3v) is 3.57. The Morgan fingerprint density at radius 1 is 1.29 bits per heavy atom. The molecule has 0 bridgehead atoms. The van der Waals surface area contributed by atoms with Gasteiger partial charge >= 0.3 is 97.5 Å². The molecule has 0 saturated carbocycles. The molecule has 1 rings (SSSR count). The van der Waals surface area contributed by atoms with Crippen molar-refractivity contribution < 1.29 is 13.6 Å². The van der Waals surface area contributed by atoms with Crippen LogP contribution in [0.1, 0.15) is 34.6 Å². The minimum atomic E-state index is 0.165. The topological polar surface area (TPSA) is 6.48 Å². The third kappa shape index (κ3) is 2.59. The summed E-state index contributed by atoms with van der Waals surface area (Å²) in [5.74, 6) is 0. The van der Waals surface area contributed by atoms with Crippen molar-refractivity contribution in [2.75, 3.05) is 13.1 Å². The van der Waals surface area contributed by atoms with E-state index in [2.05, 4.69) is 44.4 Å². The Kier molecular flexibility index (Phi) is 4.19. The molecule has 0 aliphatic carbocycles. The van der Waals surface area contributed by atoms with E-state index in [1.165, 1.54) is 18.3 Å². The van der Waals surface area contributed by atoms with E-state index in [-0.39, 0.29) is 5.54 Å². The summed E-state index contributed by atoms with van der Waals surface area (Å²) in [6.07, 6.45) is 0. The predicted octanol–water partition coefficient (Wildman–Crippen LogP) is 2.13. The van der Waals surface area contributed by atoms with Gasteiger partial charge in [-0.2, -0.15) is 0 Å². The van der Waals surface area contributed by atoms with Crippen molar-refractivity contribution in [3.05, 3.63) is 0 Å². The van der Waals surface area contributed by atoms with Crippen molar-refractivity contribution in [3.8, 4) is 0 Å². The van der Waals surface area contributed by atoms with E-state index in [0.717, 1.165) is 13.1 Å². The second-order valence-electron chi connectivity index (χ2n) is 4.90. The first-order chi connectivity index (χ1) is 6.38. The van der Waals surface area contributed by atoms with Crippen LogP contribution < -0.4 is 0 Å². The molecule has 1 aliphatic rings. The summed E-state index contributed by atoms with van der Waals surface area (Å²) in [5, 5.41) is 0. The monoisotopic (exact) mass is 266 g/mol. The van der Waals surface area contributed by atoms with Gasteiger partial charge in [-0.3, -0.25) is 0 Å². The van der Waals surface area contributed by atoms with E-state index >= 15 is 0 Å². The normalized spacial score (nSPS) is 25.2. The predicted molar refractivity (Wildman–Crippen MR) is 59.2 cm³/mol. The van der Waals surface area contributed by atoms with Gasteiger partial charge in [0.25, 0.3) is 0 Å². The van der Waals surface area contributed by atoms with E-state index in [4.69, 9.17) is 10.1 Å². The van der Waals surface area contributed by atoms with Gasteiger partial charge in [-0.25, -0.2) is 0 Å². The van der Waals surface area contributed by atoms with E-state index in [1.54, 1.807) is 0 Å². The Morgan fingerprint density at radius 2 is 1.86 bits per heavy atom. The number of hydrogen-bond donors (Lipinski definition) is 0. The molecule has 14 heavy (non-hydrogen) atoms. The molecule has 4 heteroatoms. The SMILES string of the molecule is CC(C)N1CCN(C(C)(C)C)[C]1=[Cu][Cl]. The van der Waals surface area contributed by atoms with Crippen molar-refractivity contribution in [1.29, 1.82) is 0 Å². The van der Waals surface area contributed by atoms with Gasteiger partial charge in [0.15, 0.2) is 0 Å². The minimum absolute atomic E-state index is 0.165. The van der Waals surface area contributed by atoms with E-state index in [1.807, 2.05) is 0 Å². The van der Waals surface area contributed by atoms with Crippen LogP contribution in [0, 0.1) is 0 Å². The molecule has 0 amide bonds. The fraction of sp³-hybridized carbons (Fsp3) is 0.900. The number of halogens is 1. The first-order valence-corrected chi connectivity index (χ1v) is 6.75. The van der Waals surface area contributed by atoms with E-state index in [9.17, 15) is 0 Å². The summed E-state index contributed by atoms with van der Waals surface area (Å²) >= 11 is 1.44. The van der Waals surface area contributed by atoms with Crippen LogP contribution in [0.15, 0.2) is 0 Å². The summed E-state index contributed by atoms with van der Waals surface area (Å²) in [7, 11) is 5.93. The quantitative estimate of drug-likeness (QED) is 0.672. The number of hydrogen-bond acceptors (Lipinski definition) is 2. The first kappa shape index (κ1) is 12.7. The number of rotatable bonds is 1. The van der Waals surface area contributed by atoms with Crippen LogP contribution in [0.5, 0.6) is 0 Å². The van der Waals surface area contributed by atoms with Gasteiger partial charge in [-0.1, -0.05) is 0 Å². The van der Waals surface area contributed by atoms with Crippen molar-refractivity contribution >= 4 is 14.8 Å². The molecule has 0 spiro atoms. The second kappa shape index (κ2) is 4.63. The van der Waals surface area contributed by atoms with Crippen molar-refractivity contribution in [1.82, 2.24) is 9.80 Å². The zero-order valence-corrected chi connectivity index (χ0v) is 11.3. The first-order valence-electron chi connectivity index (χ1n) is 4.98. The fourth-order valence-corrected chi connectivity index (χ4v) is 3.12. The summed E-state index contributed by atoms with van der Waals surface area (Å²) < 4.78 is 1.19.